The lowest BCUT2D eigenvalue weighted by Crippen LogP contribution is -2.20. The fraction of sp³-hybridized carbons (Fsp3) is 0.0714. The molecule has 2 aromatic rings. The van der Waals surface area contributed by atoms with E-state index in [-0.39, 0.29) is 11.5 Å². The lowest BCUT2D eigenvalue weighted by molar-refractivity contribution is -0.114. The van der Waals surface area contributed by atoms with Gasteiger partial charge in [-0.05, 0) is 33.4 Å². The lowest BCUT2D eigenvalue weighted by atomic mass is 9.96. The Kier molecular flexibility index (Phi) is 2.83. The molecule has 0 aromatic heterocycles. The maximum absolute atomic E-state index is 11.9. The number of halogens is 1. The molecular weight excluding hydrogens is 326 g/mol. The number of anilines is 1. The number of carbonyl (C=O) groups excluding carboxylic acids is 3. The number of esters is 2. The van der Waals surface area contributed by atoms with Crippen LogP contribution in [0.15, 0.2) is 28.7 Å². The van der Waals surface area contributed by atoms with E-state index in [1.807, 2.05) is 0 Å². The van der Waals surface area contributed by atoms with Crippen molar-refractivity contribution in [1.82, 2.24) is 0 Å². The van der Waals surface area contributed by atoms with E-state index in [1.165, 1.54) is 13.0 Å². The molecule has 2 aromatic carbocycles. The number of carbonyl (C=O) groups is 3. The van der Waals surface area contributed by atoms with Crippen molar-refractivity contribution < 1.29 is 19.1 Å². The first-order valence-electron chi connectivity index (χ1n) is 5.78. The maximum Gasteiger partial charge on any atom is 0.346 e. The average molecular weight is 334 g/mol. The highest BCUT2D eigenvalue weighted by Crippen LogP contribution is 2.38. The summed E-state index contributed by atoms with van der Waals surface area (Å²) in [6, 6.07) is 6.57. The monoisotopic (exact) mass is 333 g/mol. The lowest BCUT2D eigenvalue weighted by Gasteiger charge is -2.18. The zero-order chi connectivity index (χ0) is 14.4. The summed E-state index contributed by atoms with van der Waals surface area (Å²) in [4.78, 5) is 34.8. The van der Waals surface area contributed by atoms with Gasteiger partial charge in [-0.1, -0.05) is 12.1 Å². The van der Waals surface area contributed by atoms with Crippen molar-refractivity contribution >= 4 is 50.2 Å². The maximum atomic E-state index is 11.9. The van der Waals surface area contributed by atoms with Gasteiger partial charge in [0.25, 0.3) is 0 Å². The molecule has 0 radical (unpaired) electrons. The number of amides is 1. The molecule has 1 aliphatic heterocycles. The van der Waals surface area contributed by atoms with Crippen LogP contribution in [0.4, 0.5) is 5.69 Å². The Morgan fingerprint density at radius 3 is 2.60 bits per heavy atom. The molecule has 0 aliphatic carbocycles. The van der Waals surface area contributed by atoms with Crippen LogP contribution in [-0.4, -0.2) is 17.8 Å². The van der Waals surface area contributed by atoms with E-state index < -0.39 is 11.9 Å². The van der Waals surface area contributed by atoms with Crippen LogP contribution in [0.3, 0.4) is 0 Å². The molecule has 0 bridgehead atoms. The van der Waals surface area contributed by atoms with Crippen molar-refractivity contribution in [2.24, 2.45) is 0 Å². The summed E-state index contributed by atoms with van der Waals surface area (Å²) < 4.78 is 5.32. The fourth-order valence-electron chi connectivity index (χ4n) is 2.26. The van der Waals surface area contributed by atoms with E-state index in [2.05, 4.69) is 21.2 Å². The van der Waals surface area contributed by atoms with Crippen LogP contribution in [-0.2, 0) is 9.53 Å². The Morgan fingerprint density at radius 2 is 1.90 bits per heavy atom. The largest absolute Gasteiger partial charge is 0.386 e. The molecule has 1 aliphatic rings. The first kappa shape index (κ1) is 12.8. The fourth-order valence-corrected chi connectivity index (χ4v) is 2.80. The Labute approximate surface area is 122 Å². The summed E-state index contributed by atoms with van der Waals surface area (Å²) in [6.07, 6.45) is 0. The predicted octanol–water partition coefficient (Wildman–Crippen LogP) is 2.87. The zero-order valence-electron chi connectivity index (χ0n) is 10.3. The minimum Gasteiger partial charge on any atom is -0.386 e. The molecule has 0 atom stereocenters. The number of benzene rings is 2. The molecular formula is C14H8BrNO4. The second-order valence-electron chi connectivity index (χ2n) is 4.37. The van der Waals surface area contributed by atoms with E-state index in [0.717, 1.165) is 0 Å². The molecule has 0 saturated carbocycles. The van der Waals surface area contributed by atoms with Gasteiger partial charge in [0.05, 0.1) is 16.8 Å². The first-order valence-corrected chi connectivity index (χ1v) is 6.57. The highest BCUT2D eigenvalue weighted by Gasteiger charge is 2.29. The Balaban J connectivity index is 2.41. The molecule has 0 saturated heterocycles. The van der Waals surface area contributed by atoms with Gasteiger partial charge in [-0.25, -0.2) is 9.59 Å². The van der Waals surface area contributed by atoms with Crippen LogP contribution in [0.1, 0.15) is 27.6 Å². The van der Waals surface area contributed by atoms with E-state index in [4.69, 9.17) is 4.74 Å². The number of hydrogen-bond donors (Lipinski definition) is 1. The van der Waals surface area contributed by atoms with Gasteiger partial charge >= 0.3 is 11.9 Å². The predicted molar refractivity (Wildman–Crippen MR) is 75.7 cm³/mol. The molecule has 1 N–H and O–H groups in total. The summed E-state index contributed by atoms with van der Waals surface area (Å²) in [6.45, 7) is 1.38. The highest BCUT2D eigenvalue weighted by atomic mass is 79.9. The summed E-state index contributed by atoms with van der Waals surface area (Å²) in [7, 11) is 0. The smallest absolute Gasteiger partial charge is 0.346 e. The summed E-state index contributed by atoms with van der Waals surface area (Å²) in [5, 5.41) is 3.85. The van der Waals surface area contributed by atoms with Crippen LogP contribution in [0.2, 0.25) is 0 Å². The van der Waals surface area contributed by atoms with Gasteiger partial charge in [-0.15, -0.1) is 0 Å². The molecule has 100 valence electrons. The van der Waals surface area contributed by atoms with Gasteiger partial charge in [0.15, 0.2) is 0 Å². The van der Waals surface area contributed by atoms with E-state index in [0.29, 0.717) is 26.5 Å². The summed E-state index contributed by atoms with van der Waals surface area (Å²) in [5.41, 5.74) is 1.07. The second kappa shape index (κ2) is 4.42. The summed E-state index contributed by atoms with van der Waals surface area (Å²) >= 11 is 3.39. The van der Waals surface area contributed by atoms with Crippen molar-refractivity contribution in [2.75, 3.05) is 5.32 Å². The molecule has 0 unspecified atom stereocenters. The molecule has 6 heteroatoms. The number of ether oxygens (including phenoxy) is 1. The quantitative estimate of drug-likeness (QED) is 0.643. The Hall–Kier alpha value is -2.21. The SMILES string of the molecule is CC(=O)Nc1cc2c3c(cccc3c1Br)C(=O)OC2=O. The van der Waals surface area contributed by atoms with Crippen LogP contribution in [0, 0.1) is 0 Å². The van der Waals surface area contributed by atoms with E-state index >= 15 is 0 Å². The van der Waals surface area contributed by atoms with Gasteiger partial charge in [0.2, 0.25) is 5.91 Å². The van der Waals surface area contributed by atoms with Crippen molar-refractivity contribution in [1.29, 1.82) is 0 Å². The number of nitrogens with one attached hydrogen (secondary N) is 1. The van der Waals surface area contributed by atoms with Crippen LogP contribution in [0.5, 0.6) is 0 Å². The van der Waals surface area contributed by atoms with Crippen LogP contribution >= 0.6 is 15.9 Å². The zero-order valence-corrected chi connectivity index (χ0v) is 11.9. The minimum absolute atomic E-state index is 0.256. The van der Waals surface area contributed by atoms with Gasteiger partial charge < -0.3 is 10.1 Å². The molecule has 1 amide bonds. The van der Waals surface area contributed by atoms with E-state index in [1.54, 1.807) is 18.2 Å². The third-order valence-corrected chi connectivity index (χ3v) is 3.89. The highest BCUT2D eigenvalue weighted by molar-refractivity contribution is 9.10. The van der Waals surface area contributed by atoms with Crippen molar-refractivity contribution in [2.45, 2.75) is 6.92 Å². The van der Waals surface area contributed by atoms with Crippen LogP contribution < -0.4 is 5.32 Å². The van der Waals surface area contributed by atoms with Crippen molar-refractivity contribution in [3.05, 3.63) is 39.9 Å². The molecule has 0 spiro atoms. The van der Waals surface area contributed by atoms with Gasteiger partial charge in [-0.3, -0.25) is 4.79 Å². The third-order valence-electron chi connectivity index (χ3n) is 3.03. The molecule has 20 heavy (non-hydrogen) atoms. The topological polar surface area (TPSA) is 72.5 Å². The van der Waals surface area contributed by atoms with E-state index in [9.17, 15) is 14.4 Å². The second-order valence-corrected chi connectivity index (χ2v) is 5.16. The van der Waals surface area contributed by atoms with Crippen LogP contribution in [0.25, 0.3) is 10.8 Å². The standard InChI is InChI=1S/C14H8BrNO4/c1-6(17)16-10-5-9-11-7(12(10)15)3-2-4-8(11)13(18)20-14(9)19/h2-5H,1H3,(H,16,17). The number of hydrogen-bond acceptors (Lipinski definition) is 4. The van der Waals surface area contributed by atoms with Gasteiger partial charge in [-0.2, -0.15) is 0 Å². The Morgan fingerprint density at radius 1 is 1.20 bits per heavy atom. The van der Waals surface area contributed by atoms with Crippen molar-refractivity contribution in [3.63, 3.8) is 0 Å². The molecule has 1 heterocycles. The average Bonchev–Trinajstić information content (AvgIpc) is 2.39. The molecule has 5 nitrogen and oxygen atoms in total. The van der Waals surface area contributed by atoms with Gasteiger partial charge in [0, 0.05) is 16.8 Å². The van der Waals surface area contributed by atoms with Crippen molar-refractivity contribution in [3.8, 4) is 0 Å². The minimum atomic E-state index is -0.710. The molecule has 0 fully saturated rings. The normalized spacial score (nSPS) is 13.3. The summed E-state index contributed by atoms with van der Waals surface area (Å²) in [5.74, 6) is -1.63. The molecule has 3 rings (SSSR count). The van der Waals surface area contributed by atoms with Gasteiger partial charge in [0.1, 0.15) is 0 Å². The number of rotatable bonds is 1. The first-order chi connectivity index (χ1) is 9.49. The number of cyclic esters (lactones) is 2. The third kappa shape index (κ3) is 1.80. The Bertz CT molecular complexity index is 797.